The highest BCUT2D eigenvalue weighted by atomic mass is 16.5. The molecule has 1 aromatic heterocycles. The molecule has 0 spiro atoms. The number of Topliss-reactive ketones (excluding diaryl/α,β-unsaturated/α-hetero) is 1. The second-order valence-electron chi connectivity index (χ2n) is 4.00. The summed E-state index contributed by atoms with van der Waals surface area (Å²) in [6.45, 7) is 1.70. The van der Waals surface area contributed by atoms with E-state index in [2.05, 4.69) is 9.72 Å². The average Bonchev–Trinajstić information content (AvgIpc) is 2.38. The third-order valence-electron chi connectivity index (χ3n) is 3.01. The Hall–Kier alpha value is -1.91. The molecule has 0 radical (unpaired) electrons. The number of nitrogens with zero attached hydrogens (tertiary/aromatic N) is 2. The van der Waals surface area contributed by atoms with Gasteiger partial charge in [-0.3, -0.25) is 14.7 Å². The van der Waals surface area contributed by atoms with Crippen LogP contribution in [0.25, 0.3) is 0 Å². The first-order valence-corrected chi connectivity index (χ1v) is 5.45. The van der Waals surface area contributed by atoms with Crippen LogP contribution < -0.4 is 0 Å². The van der Waals surface area contributed by atoms with Gasteiger partial charge in [-0.25, -0.2) is 4.79 Å². The van der Waals surface area contributed by atoms with Gasteiger partial charge in [0.2, 0.25) is 0 Å². The molecule has 1 amide bonds. The smallest absolute Gasteiger partial charge is 0.410 e. The molecule has 1 aliphatic heterocycles. The fourth-order valence-electron chi connectivity index (χ4n) is 2.05. The zero-order valence-corrected chi connectivity index (χ0v) is 9.79. The highest BCUT2D eigenvalue weighted by molar-refractivity contribution is 6.00. The van der Waals surface area contributed by atoms with Gasteiger partial charge >= 0.3 is 6.09 Å². The van der Waals surface area contributed by atoms with E-state index in [1.807, 2.05) is 18.2 Å². The number of hydrogen-bond acceptors (Lipinski definition) is 4. The van der Waals surface area contributed by atoms with Crippen LogP contribution in [0.15, 0.2) is 24.4 Å². The second kappa shape index (κ2) is 4.53. The second-order valence-corrected chi connectivity index (χ2v) is 4.00. The lowest BCUT2D eigenvalue weighted by molar-refractivity contribution is -0.141. The van der Waals surface area contributed by atoms with Gasteiger partial charge in [0, 0.05) is 18.3 Å². The van der Waals surface area contributed by atoms with Gasteiger partial charge in [-0.05, 0) is 19.1 Å². The number of hydrogen-bond donors (Lipinski definition) is 0. The van der Waals surface area contributed by atoms with Crippen LogP contribution in [0.2, 0.25) is 0 Å². The van der Waals surface area contributed by atoms with Crippen LogP contribution >= 0.6 is 0 Å². The molecule has 1 fully saturated rings. The lowest BCUT2D eigenvalue weighted by Gasteiger charge is -2.43. The van der Waals surface area contributed by atoms with Gasteiger partial charge in [0.05, 0.1) is 13.2 Å². The molecule has 90 valence electrons. The van der Waals surface area contributed by atoms with Gasteiger partial charge in [-0.1, -0.05) is 6.07 Å². The van der Waals surface area contributed by atoms with Crippen molar-refractivity contribution in [1.82, 2.24) is 9.88 Å². The fourth-order valence-corrected chi connectivity index (χ4v) is 2.05. The molecule has 0 saturated carbocycles. The third-order valence-corrected chi connectivity index (χ3v) is 3.01. The Labute approximate surface area is 99.4 Å². The lowest BCUT2D eigenvalue weighted by atomic mass is 9.89. The summed E-state index contributed by atoms with van der Waals surface area (Å²) in [7, 11) is 1.32. The van der Waals surface area contributed by atoms with Gasteiger partial charge in [-0.15, -0.1) is 0 Å². The maximum Gasteiger partial charge on any atom is 0.410 e. The minimum absolute atomic E-state index is 0.0565. The average molecular weight is 234 g/mol. The van der Waals surface area contributed by atoms with Crippen molar-refractivity contribution in [2.45, 2.75) is 25.4 Å². The van der Waals surface area contributed by atoms with E-state index in [1.54, 1.807) is 13.1 Å². The van der Waals surface area contributed by atoms with Crippen molar-refractivity contribution in [1.29, 1.82) is 0 Å². The highest BCUT2D eigenvalue weighted by Gasteiger charge is 2.48. The van der Waals surface area contributed by atoms with Gasteiger partial charge < -0.3 is 4.74 Å². The molecule has 0 aliphatic carbocycles. The fraction of sp³-hybridized carbons (Fsp3) is 0.417. The van der Waals surface area contributed by atoms with E-state index in [4.69, 9.17) is 0 Å². The maximum atomic E-state index is 11.7. The molecule has 0 N–H and O–H groups in total. The molecule has 5 nitrogen and oxygen atoms in total. The van der Waals surface area contributed by atoms with Crippen molar-refractivity contribution < 1.29 is 14.3 Å². The quantitative estimate of drug-likeness (QED) is 0.767. The van der Waals surface area contributed by atoms with Gasteiger partial charge in [0.1, 0.15) is 6.04 Å². The van der Waals surface area contributed by atoms with Crippen molar-refractivity contribution >= 4 is 11.9 Å². The van der Waals surface area contributed by atoms with E-state index >= 15 is 0 Å². The molecular formula is C12H14N2O3. The minimum Gasteiger partial charge on any atom is -0.453 e. The van der Waals surface area contributed by atoms with E-state index in [1.165, 1.54) is 12.0 Å². The Morgan fingerprint density at radius 1 is 1.53 bits per heavy atom. The summed E-state index contributed by atoms with van der Waals surface area (Å²) in [6.07, 6.45) is 1.65. The van der Waals surface area contributed by atoms with Crippen molar-refractivity contribution in [3.05, 3.63) is 30.1 Å². The SMILES string of the molecule is COC(=O)N1C(C)C(=O)C1Cc1ccccn1. The Morgan fingerprint density at radius 2 is 2.29 bits per heavy atom. The Bertz CT molecular complexity index is 433. The lowest BCUT2D eigenvalue weighted by Crippen LogP contribution is -2.66. The van der Waals surface area contributed by atoms with Gasteiger partial charge in [0.25, 0.3) is 0 Å². The van der Waals surface area contributed by atoms with Crippen molar-refractivity contribution in [3.63, 3.8) is 0 Å². The summed E-state index contributed by atoms with van der Waals surface area (Å²) < 4.78 is 4.66. The van der Waals surface area contributed by atoms with E-state index in [0.29, 0.717) is 6.42 Å². The number of carbonyl (C=O) groups is 2. The molecule has 1 aliphatic rings. The number of ketones is 1. The molecule has 0 bridgehead atoms. The molecule has 2 unspecified atom stereocenters. The molecule has 2 rings (SSSR count). The zero-order chi connectivity index (χ0) is 12.4. The number of carbonyl (C=O) groups excluding carboxylic acids is 2. The van der Waals surface area contributed by atoms with Crippen LogP contribution in [0.4, 0.5) is 4.79 Å². The number of amides is 1. The number of ether oxygens (including phenoxy) is 1. The monoisotopic (exact) mass is 234 g/mol. The minimum atomic E-state index is -0.460. The first kappa shape index (κ1) is 11.6. The molecule has 17 heavy (non-hydrogen) atoms. The van der Waals surface area contributed by atoms with Crippen LogP contribution in [0.3, 0.4) is 0 Å². The van der Waals surface area contributed by atoms with Crippen LogP contribution in [0.1, 0.15) is 12.6 Å². The molecule has 2 heterocycles. The van der Waals surface area contributed by atoms with Crippen molar-refractivity contribution in [2.75, 3.05) is 7.11 Å². The number of rotatable bonds is 2. The molecule has 1 aromatic rings. The van der Waals surface area contributed by atoms with Crippen LogP contribution in [-0.2, 0) is 16.0 Å². The van der Waals surface area contributed by atoms with E-state index in [-0.39, 0.29) is 5.78 Å². The normalized spacial score (nSPS) is 23.2. The molecule has 2 atom stereocenters. The first-order chi connectivity index (χ1) is 8.15. The number of likely N-dealkylation sites (tertiary alicyclic amines) is 1. The van der Waals surface area contributed by atoms with Gasteiger partial charge in [-0.2, -0.15) is 0 Å². The molecule has 0 aromatic carbocycles. The predicted octanol–water partition coefficient (Wildman–Crippen LogP) is 1.03. The highest BCUT2D eigenvalue weighted by Crippen LogP contribution is 2.25. The Balaban J connectivity index is 2.10. The number of pyridine rings is 1. The van der Waals surface area contributed by atoms with E-state index in [0.717, 1.165) is 5.69 Å². The van der Waals surface area contributed by atoms with E-state index in [9.17, 15) is 9.59 Å². The van der Waals surface area contributed by atoms with Crippen molar-refractivity contribution in [2.24, 2.45) is 0 Å². The zero-order valence-electron chi connectivity index (χ0n) is 9.79. The Morgan fingerprint density at radius 3 is 2.88 bits per heavy atom. The van der Waals surface area contributed by atoms with E-state index < -0.39 is 18.2 Å². The number of aromatic nitrogens is 1. The summed E-state index contributed by atoms with van der Waals surface area (Å²) in [4.78, 5) is 28.8. The largest absolute Gasteiger partial charge is 0.453 e. The summed E-state index contributed by atoms with van der Waals surface area (Å²) in [5, 5.41) is 0. The molecule has 1 saturated heterocycles. The van der Waals surface area contributed by atoms with Crippen molar-refractivity contribution in [3.8, 4) is 0 Å². The summed E-state index contributed by atoms with van der Waals surface area (Å²) in [6, 6.07) is 4.68. The molecule has 5 heteroatoms. The molecular weight excluding hydrogens is 220 g/mol. The summed E-state index contributed by atoms with van der Waals surface area (Å²) >= 11 is 0. The van der Waals surface area contributed by atoms with Crippen LogP contribution in [0, 0.1) is 0 Å². The third kappa shape index (κ3) is 2.00. The van der Waals surface area contributed by atoms with Crippen LogP contribution in [0.5, 0.6) is 0 Å². The maximum absolute atomic E-state index is 11.7. The predicted molar refractivity (Wildman–Crippen MR) is 60.4 cm³/mol. The first-order valence-electron chi connectivity index (χ1n) is 5.45. The summed E-state index contributed by atoms with van der Waals surface area (Å²) in [5.41, 5.74) is 0.798. The standard InChI is InChI=1S/C12H14N2O3/c1-8-11(15)10(14(8)12(16)17-2)7-9-5-3-4-6-13-9/h3-6,8,10H,7H2,1-2H3. The number of methoxy groups -OCH3 is 1. The van der Waals surface area contributed by atoms with Crippen LogP contribution in [-0.4, -0.2) is 41.0 Å². The Kier molecular flexibility index (Phi) is 3.08. The summed E-state index contributed by atoms with van der Waals surface area (Å²) in [5.74, 6) is 0.0565. The topological polar surface area (TPSA) is 59.5 Å². The van der Waals surface area contributed by atoms with Gasteiger partial charge in [0.15, 0.2) is 5.78 Å².